The van der Waals surface area contributed by atoms with Gasteiger partial charge in [0.05, 0.1) is 17.6 Å². The number of carbonyl (C=O) groups is 2. The second-order valence-electron chi connectivity index (χ2n) is 6.99. The number of anilines is 1. The molecule has 3 heterocycles. The molecule has 0 radical (unpaired) electrons. The van der Waals surface area contributed by atoms with Crippen LogP contribution < -0.4 is 4.90 Å². The van der Waals surface area contributed by atoms with E-state index in [4.69, 9.17) is 0 Å². The minimum atomic E-state index is -0.472. The van der Waals surface area contributed by atoms with Crippen molar-refractivity contribution in [2.45, 2.75) is 18.5 Å². The molecular formula is C20H18FN3O2. The number of imide groups is 1. The molecule has 26 heavy (non-hydrogen) atoms. The standard InChI is InChI=1S/C20H18FN3O2/c21-14-7-9-15(10-8-14)24-19(25)16-17(13-5-2-1-3-6-13)22-11-4-12-23(22)18(16)20(24)26/h1-3,5-10,16-18H,4,11-12H2/t16-,17+,18+/m0/s1. The first-order valence-electron chi connectivity index (χ1n) is 8.88. The first-order valence-corrected chi connectivity index (χ1v) is 8.88. The molecule has 2 aromatic carbocycles. The third kappa shape index (κ3) is 2.09. The number of fused-ring (bicyclic) bond motifs is 3. The van der Waals surface area contributed by atoms with Crippen molar-refractivity contribution in [1.82, 2.24) is 10.0 Å². The van der Waals surface area contributed by atoms with Crippen molar-refractivity contribution < 1.29 is 14.0 Å². The van der Waals surface area contributed by atoms with E-state index in [0.29, 0.717) is 5.69 Å². The second kappa shape index (κ2) is 5.72. The number of carbonyl (C=O) groups excluding carboxylic acids is 2. The van der Waals surface area contributed by atoms with E-state index in [0.717, 1.165) is 25.1 Å². The lowest BCUT2D eigenvalue weighted by atomic mass is 9.90. The molecule has 0 aromatic heterocycles. The highest BCUT2D eigenvalue weighted by molar-refractivity contribution is 6.24. The Morgan fingerprint density at radius 2 is 1.46 bits per heavy atom. The fraction of sp³-hybridized carbons (Fsp3) is 0.300. The van der Waals surface area contributed by atoms with Crippen LogP contribution in [0.5, 0.6) is 0 Å². The van der Waals surface area contributed by atoms with Gasteiger partial charge in [0.2, 0.25) is 5.91 Å². The topological polar surface area (TPSA) is 43.9 Å². The van der Waals surface area contributed by atoms with Gasteiger partial charge in [0.15, 0.2) is 0 Å². The molecule has 5 nitrogen and oxygen atoms in total. The Bertz CT molecular complexity index is 870. The number of amides is 2. The van der Waals surface area contributed by atoms with Crippen molar-refractivity contribution in [3.05, 3.63) is 66.0 Å². The zero-order valence-electron chi connectivity index (χ0n) is 14.1. The van der Waals surface area contributed by atoms with Gasteiger partial charge in [-0.1, -0.05) is 30.3 Å². The van der Waals surface area contributed by atoms with E-state index in [-0.39, 0.29) is 23.7 Å². The van der Waals surface area contributed by atoms with Crippen molar-refractivity contribution in [2.75, 3.05) is 18.0 Å². The van der Waals surface area contributed by atoms with Gasteiger partial charge in [0, 0.05) is 13.1 Å². The van der Waals surface area contributed by atoms with Crippen LogP contribution in [0.25, 0.3) is 0 Å². The number of halogens is 1. The molecule has 6 heteroatoms. The molecule has 3 saturated heterocycles. The Labute approximate surface area is 150 Å². The second-order valence-corrected chi connectivity index (χ2v) is 6.99. The molecule has 0 saturated carbocycles. The number of hydrazine groups is 1. The molecule has 3 atom stereocenters. The number of nitrogens with zero attached hydrogens (tertiary/aromatic N) is 3. The van der Waals surface area contributed by atoms with Crippen LogP contribution in [0, 0.1) is 11.7 Å². The van der Waals surface area contributed by atoms with E-state index < -0.39 is 12.0 Å². The zero-order chi connectivity index (χ0) is 17.8. The summed E-state index contributed by atoms with van der Waals surface area (Å²) in [6, 6.07) is 14.8. The highest BCUT2D eigenvalue weighted by Crippen LogP contribution is 2.48. The van der Waals surface area contributed by atoms with Crippen molar-refractivity contribution in [2.24, 2.45) is 5.92 Å². The third-order valence-corrected chi connectivity index (χ3v) is 5.63. The first-order chi connectivity index (χ1) is 12.7. The summed E-state index contributed by atoms with van der Waals surface area (Å²) >= 11 is 0. The molecule has 0 bridgehead atoms. The molecule has 2 amide bonds. The van der Waals surface area contributed by atoms with Crippen molar-refractivity contribution in [3.8, 4) is 0 Å². The minimum Gasteiger partial charge on any atom is -0.274 e. The smallest absolute Gasteiger partial charge is 0.253 e. The van der Waals surface area contributed by atoms with Crippen LogP contribution in [0.4, 0.5) is 10.1 Å². The molecule has 2 aromatic rings. The van der Waals surface area contributed by atoms with Gasteiger partial charge in [-0.05, 0) is 36.2 Å². The van der Waals surface area contributed by atoms with E-state index in [1.54, 1.807) is 0 Å². The Hall–Kier alpha value is -2.57. The van der Waals surface area contributed by atoms with Crippen LogP contribution >= 0.6 is 0 Å². The summed E-state index contributed by atoms with van der Waals surface area (Å²) in [6.07, 6.45) is 0.977. The van der Waals surface area contributed by atoms with Crippen molar-refractivity contribution in [3.63, 3.8) is 0 Å². The maximum Gasteiger partial charge on any atom is 0.253 e. The molecule has 3 fully saturated rings. The van der Waals surface area contributed by atoms with Crippen LogP contribution in [0.1, 0.15) is 18.0 Å². The van der Waals surface area contributed by atoms with E-state index >= 15 is 0 Å². The van der Waals surface area contributed by atoms with E-state index in [1.165, 1.54) is 29.2 Å². The average Bonchev–Trinajstić information content (AvgIpc) is 3.29. The van der Waals surface area contributed by atoms with E-state index in [1.807, 2.05) is 30.3 Å². The molecule has 3 aliphatic rings. The lowest BCUT2D eigenvalue weighted by Gasteiger charge is -2.29. The summed E-state index contributed by atoms with van der Waals surface area (Å²) < 4.78 is 13.3. The van der Waals surface area contributed by atoms with Crippen LogP contribution in [-0.2, 0) is 9.59 Å². The summed E-state index contributed by atoms with van der Waals surface area (Å²) in [5.74, 6) is -1.23. The van der Waals surface area contributed by atoms with Gasteiger partial charge in [-0.15, -0.1) is 0 Å². The van der Waals surface area contributed by atoms with Crippen molar-refractivity contribution in [1.29, 1.82) is 0 Å². The summed E-state index contributed by atoms with van der Waals surface area (Å²) in [7, 11) is 0. The van der Waals surface area contributed by atoms with Gasteiger partial charge >= 0.3 is 0 Å². The highest BCUT2D eigenvalue weighted by atomic mass is 19.1. The summed E-state index contributed by atoms with van der Waals surface area (Å²) in [6.45, 7) is 1.63. The van der Waals surface area contributed by atoms with Gasteiger partial charge < -0.3 is 0 Å². The number of hydrogen-bond acceptors (Lipinski definition) is 4. The predicted molar refractivity (Wildman–Crippen MR) is 93.4 cm³/mol. The Morgan fingerprint density at radius 3 is 2.15 bits per heavy atom. The molecular weight excluding hydrogens is 333 g/mol. The molecule has 0 unspecified atom stereocenters. The zero-order valence-corrected chi connectivity index (χ0v) is 14.1. The molecule has 0 spiro atoms. The maximum atomic E-state index is 13.3. The Balaban J connectivity index is 1.58. The Morgan fingerprint density at radius 1 is 0.808 bits per heavy atom. The maximum absolute atomic E-state index is 13.3. The molecule has 0 aliphatic carbocycles. The van der Waals surface area contributed by atoms with E-state index in [2.05, 4.69) is 10.0 Å². The van der Waals surface area contributed by atoms with Crippen LogP contribution in [0.3, 0.4) is 0 Å². The normalized spacial score (nSPS) is 28.7. The quantitative estimate of drug-likeness (QED) is 0.779. The molecule has 132 valence electrons. The van der Waals surface area contributed by atoms with Crippen LogP contribution in [-0.4, -0.2) is 41.0 Å². The highest BCUT2D eigenvalue weighted by Gasteiger charge is 2.62. The van der Waals surface area contributed by atoms with Crippen molar-refractivity contribution >= 4 is 17.5 Å². The number of rotatable bonds is 2. The molecule has 0 N–H and O–H groups in total. The largest absolute Gasteiger partial charge is 0.274 e. The van der Waals surface area contributed by atoms with Gasteiger partial charge in [-0.3, -0.25) is 9.59 Å². The lowest BCUT2D eigenvalue weighted by molar-refractivity contribution is -0.126. The Kier molecular flexibility index (Phi) is 3.45. The van der Waals surface area contributed by atoms with Gasteiger partial charge in [-0.25, -0.2) is 19.3 Å². The fourth-order valence-corrected chi connectivity index (χ4v) is 4.61. The van der Waals surface area contributed by atoms with Gasteiger partial charge in [-0.2, -0.15) is 0 Å². The number of hydrogen-bond donors (Lipinski definition) is 0. The van der Waals surface area contributed by atoms with Crippen LogP contribution in [0.2, 0.25) is 0 Å². The first kappa shape index (κ1) is 15.7. The predicted octanol–water partition coefficient (Wildman–Crippen LogP) is 2.36. The van der Waals surface area contributed by atoms with E-state index in [9.17, 15) is 14.0 Å². The fourth-order valence-electron chi connectivity index (χ4n) is 4.61. The lowest BCUT2D eigenvalue weighted by Crippen LogP contribution is -2.44. The average molecular weight is 351 g/mol. The summed E-state index contributed by atoms with van der Waals surface area (Å²) in [5.41, 5.74) is 1.49. The minimum absolute atomic E-state index is 0.134. The molecule has 3 aliphatic heterocycles. The summed E-state index contributed by atoms with van der Waals surface area (Å²) in [4.78, 5) is 27.6. The van der Waals surface area contributed by atoms with Gasteiger partial charge in [0.1, 0.15) is 11.9 Å². The summed E-state index contributed by atoms with van der Waals surface area (Å²) in [5, 5.41) is 4.24. The van der Waals surface area contributed by atoms with Gasteiger partial charge in [0.25, 0.3) is 5.91 Å². The SMILES string of the molecule is O=C1[C@H]2[C@@H](c3ccccc3)N3CCCN3[C@H]2C(=O)N1c1ccc(F)cc1. The third-order valence-electron chi connectivity index (χ3n) is 5.63. The molecule has 5 rings (SSSR count). The monoisotopic (exact) mass is 351 g/mol. The number of benzene rings is 2. The van der Waals surface area contributed by atoms with Crippen LogP contribution in [0.15, 0.2) is 54.6 Å².